The summed E-state index contributed by atoms with van der Waals surface area (Å²) >= 11 is 5.26. The van der Waals surface area contributed by atoms with E-state index < -0.39 is 0 Å². The first kappa shape index (κ1) is 9.73. The Bertz CT molecular complexity index is 421. The van der Waals surface area contributed by atoms with Crippen LogP contribution in [0, 0.1) is 0 Å². The van der Waals surface area contributed by atoms with E-state index in [2.05, 4.69) is 42.2 Å². The van der Waals surface area contributed by atoms with Crippen molar-refractivity contribution in [2.45, 2.75) is 6.54 Å². The van der Waals surface area contributed by atoms with Gasteiger partial charge in [0.25, 0.3) is 0 Å². The summed E-state index contributed by atoms with van der Waals surface area (Å²) in [4.78, 5) is 5.49. The molecule has 0 saturated carbocycles. The van der Waals surface area contributed by atoms with E-state index in [9.17, 15) is 0 Å². The fourth-order valence-electron chi connectivity index (χ4n) is 1.26. The normalized spacial score (nSPS) is 10.4. The van der Waals surface area contributed by atoms with Crippen molar-refractivity contribution >= 4 is 33.2 Å². The summed E-state index contributed by atoms with van der Waals surface area (Å²) in [6, 6.07) is 2.07. The Kier molecular flexibility index (Phi) is 2.88. The third kappa shape index (κ3) is 1.83. The van der Waals surface area contributed by atoms with Crippen LogP contribution >= 0.6 is 27.3 Å². The molecule has 0 spiro atoms. The van der Waals surface area contributed by atoms with Crippen LogP contribution in [0.1, 0.15) is 4.88 Å². The van der Waals surface area contributed by atoms with E-state index in [1.807, 2.05) is 13.2 Å². The molecule has 2 aromatic heterocycles. The third-order valence-electron chi connectivity index (χ3n) is 1.94. The van der Waals surface area contributed by atoms with E-state index in [0.717, 1.165) is 12.5 Å². The average Bonchev–Trinajstić information content (AvgIpc) is 2.77. The number of aromatic nitrogens is 2. The molecule has 14 heavy (non-hydrogen) atoms. The molecule has 0 radical (unpaired) electrons. The summed E-state index contributed by atoms with van der Waals surface area (Å²) in [5, 5.41) is 5.13. The first-order valence-electron chi connectivity index (χ1n) is 4.22. The second-order valence-electron chi connectivity index (χ2n) is 2.82. The number of hydrogen-bond donors (Lipinski definition) is 1. The van der Waals surface area contributed by atoms with Crippen molar-refractivity contribution in [1.29, 1.82) is 0 Å². The summed E-state index contributed by atoms with van der Waals surface area (Å²) in [7, 11) is 1.88. The van der Waals surface area contributed by atoms with Crippen LogP contribution in [-0.4, -0.2) is 16.6 Å². The van der Waals surface area contributed by atoms with Crippen LogP contribution in [0.2, 0.25) is 0 Å². The Morgan fingerprint density at radius 3 is 3.14 bits per heavy atom. The summed E-state index contributed by atoms with van der Waals surface area (Å²) in [6.45, 7) is 0.856. The largest absolute Gasteiger partial charge is 0.359 e. The molecule has 0 atom stereocenters. The van der Waals surface area contributed by atoms with Crippen molar-refractivity contribution in [3.05, 3.63) is 33.2 Å². The molecule has 2 aromatic rings. The second-order valence-corrected chi connectivity index (χ2v) is 4.68. The van der Waals surface area contributed by atoms with Gasteiger partial charge in [0, 0.05) is 28.8 Å². The van der Waals surface area contributed by atoms with Gasteiger partial charge < -0.3 is 9.88 Å². The van der Waals surface area contributed by atoms with E-state index in [1.54, 1.807) is 17.5 Å². The van der Waals surface area contributed by atoms with Crippen molar-refractivity contribution in [2.24, 2.45) is 0 Å². The predicted octanol–water partition coefficient (Wildman–Crippen LogP) is 2.80. The minimum Gasteiger partial charge on any atom is -0.359 e. The monoisotopic (exact) mass is 271 g/mol. The molecule has 0 aromatic carbocycles. The summed E-state index contributed by atoms with van der Waals surface area (Å²) < 4.78 is 3.25. The van der Waals surface area contributed by atoms with E-state index in [-0.39, 0.29) is 0 Å². The van der Waals surface area contributed by atoms with E-state index in [1.165, 1.54) is 9.35 Å². The molecule has 0 saturated heterocycles. The lowest BCUT2D eigenvalue weighted by Gasteiger charge is -2.05. The number of hydrogen-bond acceptors (Lipinski definition) is 3. The maximum Gasteiger partial charge on any atom is 0.202 e. The molecule has 2 rings (SSSR count). The maximum atomic E-state index is 4.19. The van der Waals surface area contributed by atoms with Crippen molar-refractivity contribution in [3.63, 3.8) is 0 Å². The molecule has 3 nitrogen and oxygen atoms in total. The highest BCUT2D eigenvalue weighted by molar-refractivity contribution is 9.10. The molecule has 1 N–H and O–H groups in total. The molecular formula is C9H10BrN3S. The van der Waals surface area contributed by atoms with Gasteiger partial charge in [-0.05, 0) is 27.4 Å². The maximum absolute atomic E-state index is 4.19. The van der Waals surface area contributed by atoms with E-state index >= 15 is 0 Å². The lowest BCUT2D eigenvalue weighted by molar-refractivity contribution is 0.815. The van der Waals surface area contributed by atoms with Crippen molar-refractivity contribution in [2.75, 3.05) is 12.4 Å². The second kappa shape index (κ2) is 4.14. The van der Waals surface area contributed by atoms with E-state index in [4.69, 9.17) is 0 Å². The summed E-state index contributed by atoms with van der Waals surface area (Å²) in [5.41, 5.74) is 0. The quantitative estimate of drug-likeness (QED) is 0.931. The molecule has 0 aliphatic rings. The summed E-state index contributed by atoms with van der Waals surface area (Å²) in [6.07, 6.45) is 3.77. The Morgan fingerprint density at radius 1 is 1.64 bits per heavy atom. The topological polar surface area (TPSA) is 29.9 Å². The molecule has 0 aliphatic carbocycles. The van der Waals surface area contributed by atoms with Crippen LogP contribution in [0.3, 0.4) is 0 Å². The standard InChI is InChI=1S/C9H10BrN3S/c1-11-9-12-3-4-13(9)6-8-7(10)2-5-14-8/h2-5H,6H2,1H3,(H,11,12). The molecule has 0 fully saturated rings. The van der Waals surface area contributed by atoms with Gasteiger partial charge in [0.15, 0.2) is 0 Å². The van der Waals surface area contributed by atoms with Gasteiger partial charge in [-0.25, -0.2) is 4.98 Å². The average molecular weight is 272 g/mol. The molecule has 0 bridgehead atoms. The van der Waals surface area contributed by atoms with Crippen molar-refractivity contribution < 1.29 is 0 Å². The van der Waals surface area contributed by atoms with Gasteiger partial charge in [0.05, 0.1) is 6.54 Å². The first-order chi connectivity index (χ1) is 6.81. The molecule has 2 heterocycles. The molecule has 5 heteroatoms. The summed E-state index contributed by atoms with van der Waals surface area (Å²) in [5.74, 6) is 0.894. The molecule has 0 unspecified atom stereocenters. The van der Waals surface area contributed by atoms with Crippen LogP contribution in [-0.2, 0) is 6.54 Å². The highest BCUT2D eigenvalue weighted by Gasteiger charge is 2.05. The Balaban J connectivity index is 2.22. The molecule has 74 valence electrons. The SMILES string of the molecule is CNc1nccn1Cc1sccc1Br. The van der Waals surface area contributed by atoms with Crippen LogP contribution in [0.25, 0.3) is 0 Å². The number of nitrogens with one attached hydrogen (secondary N) is 1. The van der Waals surface area contributed by atoms with Gasteiger partial charge in [0.1, 0.15) is 0 Å². The third-order valence-corrected chi connectivity index (χ3v) is 3.86. The van der Waals surface area contributed by atoms with Crippen molar-refractivity contribution in [1.82, 2.24) is 9.55 Å². The van der Waals surface area contributed by atoms with Gasteiger partial charge in [-0.1, -0.05) is 0 Å². The van der Waals surface area contributed by atoms with Gasteiger partial charge in [-0.15, -0.1) is 11.3 Å². The minimum atomic E-state index is 0.856. The Hall–Kier alpha value is -0.810. The predicted molar refractivity (Wildman–Crippen MR) is 62.9 cm³/mol. The number of anilines is 1. The van der Waals surface area contributed by atoms with Crippen molar-refractivity contribution in [3.8, 4) is 0 Å². The van der Waals surface area contributed by atoms with Crippen LogP contribution < -0.4 is 5.32 Å². The van der Waals surface area contributed by atoms with Gasteiger partial charge in [-0.3, -0.25) is 0 Å². The van der Waals surface area contributed by atoms with E-state index in [0.29, 0.717) is 0 Å². The number of halogens is 1. The van der Waals surface area contributed by atoms with Gasteiger partial charge in [-0.2, -0.15) is 0 Å². The lowest BCUT2D eigenvalue weighted by atomic mass is 10.4. The zero-order valence-electron chi connectivity index (χ0n) is 7.70. The van der Waals surface area contributed by atoms with Gasteiger partial charge in [0.2, 0.25) is 5.95 Å². The Morgan fingerprint density at radius 2 is 2.50 bits per heavy atom. The minimum absolute atomic E-state index is 0.856. The lowest BCUT2D eigenvalue weighted by Crippen LogP contribution is -2.03. The molecule has 0 amide bonds. The highest BCUT2D eigenvalue weighted by Crippen LogP contribution is 2.24. The first-order valence-corrected chi connectivity index (χ1v) is 5.89. The number of rotatable bonds is 3. The van der Waals surface area contributed by atoms with Gasteiger partial charge >= 0.3 is 0 Å². The van der Waals surface area contributed by atoms with Crippen LogP contribution in [0.4, 0.5) is 5.95 Å². The molecule has 0 aliphatic heterocycles. The smallest absolute Gasteiger partial charge is 0.202 e. The van der Waals surface area contributed by atoms with Crippen LogP contribution in [0.5, 0.6) is 0 Å². The fourth-order valence-corrected chi connectivity index (χ4v) is 2.73. The number of thiophene rings is 1. The number of nitrogens with zero attached hydrogens (tertiary/aromatic N) is 2. The highest BCUT2D eigenvalue weighted by atomic mass is 79.9. The zero-order valence-corrected chi connectivity index (χ0v) is 10.1. The zero-order chi connectivity index (χ0) is 9.97. The molecular weight excluding hydrogens is 262 g/mol. The Labute approximate surface area is 94.9 Å². The van der Waals surface area contributed by atoms with Crippen LogP contribution in [0.15, 0.2) is 28.3 Å². The number of imidazole rings is 1. The fraction of sp³-hybridized carbons (Fsp3) is 0.222.